The van der Waals surface area contributed by atoms with Gasteiger partial charge in [0.15, 0.2) is 0 Å². The Bertz CT molecular complexity index is 529. The van der Waals surface area contributed by atoms with Crippen LogP contribution in [0.4, 0.5) is 5.69 Å². The molecule has 0 aliphatic heterocycles. The van der Waals surface area contributed by atoms with E-state index in [0.717, 1.165) is 6.20 Å². The fraction of sp³-hybridized carbons (Fsp3) is 0.111. The van der Waals surface area contributed by atoms with Crippen molar-refractivity contribution in [3.8, 4) is 5.88 Å². The predicted molar refractivity (Wildman–Crippen MR) is 56.7 cm³/mol. The first-order valence-electron chi connectivity index (χ1n) is 4.49. The molecule has 0 saturated carbocycles. The van der Waals surface area contributed by atoms with Gasteiger partial charge < -0.3 is 9.15 Å². The highest BCUT2D eigenvalue weighted by molar-refractivity contribution is 6.28. The second-order valence-corrected chi connectivity index (χ2v) is 3.29. The highest BCUT2D eigenvalue weighted by atomic mass is 35.5. The van der Waals surface area contributed by atoms with E-state index in [9.17, 15) is 10.1 Å². The second-order valence-electron chi connectivity index (χ2n) is 2.95. The Hall–Kier alpha value is -2.15. The van der Waals surface area contributed by atoms with Crippen molar-refractivity contribution < 1.29 is 14.1 Å². The van der Waals surface area contributed by atoms with Gasteiger partial charge in [0.05, 0.1) is 11.2 Å². The third-order valence-corrected chi connectivity index (χ3v) is 2.02. The standard InChI is InChI=1S/C9H6ClN3O4/c10-9-11-4-7(13(14)15)8(12-9)17-5-6-2-1-3-16-6/h1-4H,5H2. The molecule has 2 heterocycles. The third kappa shape index (κ3) is 2.70. The molecule has 0 atom stereocenters. The summed E-state index contributed by atoms with van der Waals surface area (Å²) < 4.78 is 10.2. The molecule has 0 aliphatic rings. The molecule has 0 spiro atoms. The van der Waals surface area contributed by atoms with Gasteiger partial charge in [-0.05, 0) is 23.7 Å². The van der Waals surface area contributed by atoms with Crippen LogP contribution in [-0.2, 0) is 6.61 Å². The Morgan fingerprint density at radius 1 is 1.59 bits per heavy atom. The number of hydrogen-bond acceptors (Lipinski definition) is 6. The Morgan fingerprint density at radius 2 is 2.41 bits per heavy atom. The summed E-state index contributed by atoms with van der Waals surface area (Å²) in [6.45, 7) is 0.0290. The van der Waals surface area contributed by atoms with E-state index in [1.165, 1.54) is 6.26 Å². The normalized spacial score (nSPS) is 10.2. The Kier molecular flexibility index (Phi) is 3.20. The molecule has 7 nitrogen and oxygen atoms in total. The van der Waals surface area contributed by atoms with Crippen molar-refractivity contribution in [1.29, 1.82) is 0 Å². The molecule has 0 radical (unpaired) electrons. The average Bonchev–Trinajstić information content (AvgIpc) is 2.78. The van der Waals surface area contributed by atoms with E-state index < -0.39 is 4.92 Å². The summed E-state index contributed by atoms with van der Waals surface area (Å²) in [5.74, 6) is 0.334. The molecule has 0 aromatic carbocycles. The zero-order chi connectivity index (χ0) is 12.3. The van der Waals surface area contributed by atoms with Crippen LogP contribution in [0.2, 0.25) is 5.28 Å². The molecule has 0 saturated heterocycles. The van der Waals surface area contributed by atoms with Gasteiger partial charge in [-0.2, -0.15) is 4.98 Å². The first-order valence-corrected chi connectivity index (χ1v) is 4.86. The third-order valence-electron chi connectivity index (χ3n) is 1.83. The fourth-order valence-corrected chi connectivity index (χ4v) is 1.23. The lowest BCUT2D eigenvalue weighted by atomic mass is 10.5. The monoisotopic (exact) mass is 255 g/mol. The molecule has 8 heteroatoms. The summed E-state index contributed by atoms with van der Waals surface area (Å²) in [5.41, 5.74) is -0.346. The molecule has 2 rings (SSSR count). The van der Waals surface area contributed by atoms with Gasteiger partial charge in [0, 0.05) is 0 Å². The number of ether oxygens (including phenoxy) is 1. The smallest absolute Gasteiger partial charge is 0.349 e. The zero-order valence-corrected chi connectivity index (χ0v) is 9.13. The Balaban J connectivity index is 2.19. The van der Waals surface area contributed by atoms with E-state index in [-0.39, 0.29) is 23.5 Å². The van der Waals surface area contributed by atoms with Crippen molar-refractivity contribution in [2.24, 2.45) is 0 Å². The molecular weight excluding hydrogens is 250 g/mol. The van der Waals surface area contributed by atoms with Crippen LogP contribution in [0.25, 0.3) is 0 Å². The molecule has 0 aliphatic carbocycles. The van der Waals surface area contributed by atoms with Gasteiger partial charge in [-0.25, -0.2) is 4.98 Å². The largest absolute Gasteiger partial charge is 0.466 e. The van der Waals surface area contributed by atoms with E-state index in [1.807, 2.05) is 0 Å². The number of rotatable bonds is 4. The van der Waals surface area contributed by atoms with Crippen molar-refractivity contribution in [3.05, 3.63) is 45.8 Å². The zero-order valence-electron chi connectivity index (χ0n) is 8.37. The molecule has 17 heavy (non-hydrogen) atoms. The van der Waals surface area contributed by atoms with Crippen LogP contribution >= 0.6 is 11.6 Å². The lowest BCUT2D eigenvalue weighted by Gasteiger charge is -2.03. The van der Waals surface area contributed by atoms with Crippen LogP contribution in [0.1, 0.15) is 5.76 Å². The Labute approximate surface area is 100 Å². The number of aromatic nitrogens is 2. The van der Waals surface area contributed by atoms with Crippen LogP contribution in [0.15, 0.2) is 29.0 Å². The van der Waals surface area contributed by atoms with Crippen LogP contribution in [-0.4, -0.2) is 14.9 Å². The first kappa shape index (κ1) is 11.3. The molecule has 0 bridgehead atoms. The van der Waals surface area contributed by atoms with E-state index >= 15 is 0 Å². The topological polar surface area (TPSA) is 91.3 Å². The minimum absolute atomic E-state index is 0.0290. The molecule has 0 amide bonds. The van der Waals surface area contributed by atoms with Gasteiger partial charge in [0.2, 0.25) is 5.28 Å². The molecule has 2 aromatic rings. The first-order chi connectivity index (χ1) is 8.16. The minimum atomic E-state index is -0.645. The predicted octanol–water partition coefficient (Wildman–Crippen LogP) is 2.21. The van der Waals surface area contributed by atoms with E-state index in [1.54, 1.807) is 12.1 Å². The van der Waals surface area contributed by atoms with Gasteiger partial charge in [0.25, 0.3) is 5.88 Å². The maximum Gasteiger partial charge on any atom is 0.349 e. The lowest BCUT2D eigenvalue weighted by Crippen LogP contribution is -2.01. The molecule has 88 valence electrons. The van der Waals surface area contributed by atoms with Gasteiger partial charge >= 0.3 is 5.69 Å². The van der Waals surface area contributed by atoms with Crippen LogP contribution in [0.3, 0.4) is 0 Å². The van der Waals surface area contributed by atoms with Crippen molar-refractivity contribution in [1.82, 2.24) is 9.97 Å². The minimum Gasteiger partial charge on any atom is -0.466 e. The summed E-state index contributed by atoms with van der Waals surface area (Å²) in [6.07, 6.45) is 2.47. The maximum atomic E-state index is 10.7. The van der Waals surface area contributed by atoms with Gasteiger partial charge in [-0.15, -0.1) is 0 Å². The highest BCUT2D eigenvalue weighted by Crippen LogP contribution is 2.25. The van der Waals surface area contributed by atoms with Crippen molar-refractivity contribution in [2.75, 3.05) is 0 Å². The average molecular weight is 256 g/mol. The molecule has 0 unspecified atom stereocenters. The maximum absolute atomic E-state index is 10.7. The van der Waals surface area contributed by atoms with Crippen molar-refractivity contribution in [2.45, 2.75) is 6.61 Å². The van der Waals surface area contributed by atoms with E-state index in [4.69, 9.17) is 20.8 Å². The molecule has 0 fully saturated rings. The van der Waals surface area contributed by atoms with Gasteiger partial charge in [-0.1, -0.05) is 0 Å². The number of nitrogens with zero attached hydrogens (tertiary/aromatic N) is 3. The van der Waals surface area contributed by atoms with Crippen LogP contribution in [0, 0.1) is 10.1 Å². The fourth-order valence-electron chi connectivity index (χ4n) is 1.11. The molecular formula is C9H6ClN3O4. The summed E-state index contributed by atoms with van der Waals surface area (Å²) in [7, 11) is 0. The van der Waals surface area contributed by atoms with Gasteiger partial charge in [0.1, 0.15) is 18.6 Å². The summed E-state index contributed by atoms with van der Waals surface area (Å²) in [6, 6.07) is 3.36. The van der Waals surface area contributed by atoms with E-state index in [2.05, 4.69) is 9.97 Å². The quantitative estimate of drug-likeness (QED) is 0.472. The summed E-state index contributed by atoms with van der Waals surface area (Å²) in [5, 5.41) is 10.6. The van der Waals surface area contributed by atoms with Crippen molar-refractivity contribution >= 4 is 17.3 Å². The molecule has 0 N–H and O–H groups in total. The molecule has 2 aromatic heterocycles. The lowest BCUT2D eigenvalue weighted by molar-refractivity contribution is -0.386. The summed E-state index contributed by atoms with van der Waals surface area (Å²) in [4.78, 5) is 17.2. The number of nitro groups is 1. The number of hydrogen-bond donors (Lipinski definition) is 0. The van der Waals surface area contributed by atoms with Crippen LogP contribution in [0.5, 0.6) is 5.88 Å². The number of halogens is 1. The SMILES string of the molecule is O=[N+]([O-])c1cnc(Cl)nc1OCc1ccco1. The highest BCUT2D eigenvalue weighted by Gasteiger charge is 2.18. The van der Waals surface area contributed by atoms with E-state index in [0.29, 0.717) is 5.76 Å². The van der Waals surface area contributed by atoms with Crippen LogP contribution < -0.4 is 4.74 Å². The Morgan fingerprint density at radius 3 is 3.06 bits per heavy atom. The van der Waals surface area contributed by atoms with Gasteiger partial charge in [-0.3, -0.25) is 10.1 Å². The van der Waals surface area contributed by atoms with Crippen molar-refractivity contribution in [3.63, 3.8) is 0 Å². The number of furan rings is 1. The summed E-state index contributed by atoms with van der Waals surface area (Å²) >= 11 is 5.53. The second kappa shape index (κ2) is 4.79.